The van der Waals surface area contributed by atoms with Gasteiger partial charge in [-0.2, -0.15) is 0 Å². The molecule has 0 saturated carbocycles. The molecule has 2 aromatic rings. The minimum absolute atomic E-state index is 0.00129. The van der Waals surface area contributed by atoms with Crippen molar-refractivity contribution in [2.24, 2.45) is 0 Å². The van der Waals surface area contributed by atoms with Crippen molar-refractivity contribution >= 4 is 34.7 Å². The van der Waals surface area contributed by atoms with Gasteiger partial charge < -0.3 is 16.0 Å². The number of carbonyl (C=O) groups excluding carboxylic acids is 2. The first-order valence-electron chi connectivity index (χ1n) is 10.6. The fourth-order valence-electron chi connectivity index (χ4n) is 3.17. The van der Waals surface area contributed by atoms with Crippen molar-refractivity contribution in [1.29, 1.82) is 0 Å². The van der Waals surface area contributed by atoms with Crippen molar-refractivity contribution in [2.45, 2.75) is 58.9 Å². The van der Waals surface area contributed by atoms with Crippen molar-refractivity contribution < 1.29 is 9.59 Å². The number of H-pyrrole nitrogens is 1. The number of hydrogen-bond acceptors (Lipinski definition) is 6. The zero-order valence-electron chi connectivity index (χ0n) is 18.1. The van der Waals surface area contributed by atoms with Gasteiger partial charge in [-0.05, 0) is 24.3 Å². The van der Waals surface area contributed by atoms with Gasteiger partial charge in [0.2, 0.25) is 5.91 Å². The van der Waals surface area contributed by atoms with Gasteiger partial charge in [0, 0.05) is 26.1 Å². The Kier molecular flexibility index (Phi) is 9.51. The Hall–Kier alpha value is -2.88. The smallest absolute Gasteiger partial charge is 0.330 e. The van der Waals surface area contributed by atoms with E-state index in [9.17, 15) is 19.2 Å². The number of unbranched alkanes of at least 4 members (excludes halogenated alkanes) is 3. The molecule has 0 aromatic carbocycles. The lowest BCUT2D eigenvalue weighted by Gasteiger charge is -2.24. The van der Waals surface area contributed by atoms with Gasteiger partial charge in [-0.1, -0.05) is 39.2 Å². The molecular formula is C21H31N5O4S. The Bertz CT molecular complexity index is 981. The van der Waals surface area contributed by atoms with Crippen LogP contribution in [0, 0.1) is 0 Å². The molecule has 2 heterocycles. The molecule has 2 amide bonds. The molecule has 4 N–H and O–H groups in total. The maximum atomic E-state index is 13.0. The number of amides is 2. The third kappa shape index (κ3) is 6.55. The number of nitrogens with zero attached hydrogens (tertiary/aromatic N) is 2. The third-order valence-corrected chi connectivity index (χ3v) is 5.74. The number of aromatic nitrogens is 2. The second-order valence-corrected chi connectivity index (χ2v) is 8.18. The van der Waals surface area contributed by atoms with Crippen LogP contribution in [0.25, 0.3) is 0 Å². The summed E-state index contributed by atoms with van der Waals surface area (Å²) in [6.07, 6.45) is 4.09. The lowest BCUT2D eigenvalue weighted by atomic mass is 10.2. The summed E-state index contributed by atoms with van der Waals surface area (Å²) in [5.74, 6) is -0.582. The van der Waals surface area contributed by atoms with E-state index in [0.717, 1.165) is 19.3 Å². The Morgan fingerprint density at radius 1 is 1.19 bits per heavy atom. The molecule has 0 saturated heterocycles. The topological polar surface area (TPSA) is 130 Å². The van der Waals surface area contributed by atoms with Gasteiger partial charge in [0.1, 0.15) is 5.82 Å². The number of anilines is 2. The molecule has 2 rings (SSSR count). The van der Waals surface area contributed by atoms with Crippen LogP contribution >= 0.6 is 11.3 Å². The first kappa shape index (κ1) is 24.4. The van der Waals surface area contributed by atoms with E-state index in [-0.39, 0.29) is 36.3 Å². The monoisotopic (exact) mass is 449 g/mol. The Morgan fingerprint density at radius 3 is 2.58 bits per heavy atom. The number of thiophene rings is 1. The summed E-state index contributed by atoms with van der Waals surface area (Å²) >= 11 is 1.32. The SMILES string of the molecule is CCCCCN(C(=O)CCNC(=O)c1cccs1)c1c(N)n(CCCC)c(=O)[nH]c1=O. The maximum absolute atomic E-state index is 13.0. The van der Waals surface area contributed by atoms with Crippen LogP contribution in [-0.2, 0) is 11.3 Å². The van der Waals surface area contributed by atoms with Crippen molar-refractivity contribution in [2.75, 3.05) is 23.7 Å². The predicted molar refractivity (Wildman–Crippen MR) is 124 cm³/mol. The predicted octanol–water partition coefficient (Wildman–Crippen LogP) is 2.32. The molecule has 0 unspecified atom stereocenters. The molecule has 31 heavy (non-hydrogen) atoms. The van der Waals surface area contributed by atoms with Crippen LogP contribution in [0.1, 0.15) is 62.0 Å². The van der Waals surface area contributed by atoms with Gasteiger partial charge in [-0.3, -0.25) is 23.9 Å². The Labute approximate surface area is 185 Å². The minimum Gasteiger partial charge on any atom is -0.383 e. The lowest BCUT2D eigenvalue weighted by Crippen LogP contribution is -2.42. The van der Waals surface area contributed by atoms with E-state index in [0.29, 0.717) is 30.8 Å². The molecule has 10 heteroatoms. The largest absolute Gasteiger partial charge is 0.383 e. The van der Waals surface area contributed by atoms with E-state index >= 15 is 0 Å². The Morgan fingerprint density at radius 2 is 1.94 bits per heavy atom. The van der Waals surface area contributed by atoms with E-state index < -0.39 is 11.2 Å². The highest BCUT2D eigenvalue weighted by Gasteiger charge is 2.24. The van der Waals surface area contributed by atoms with Crippen LogP contribution in [0.15, 0.2) is 27.1 Å². The summed E-state index contributed by atoms with van der Waals surface area (Å²) in [6, 6.07) is 3.49. The summed E-state index contributed by atoms with van der Waals surface area (Å²) < 4.78 is 1.30. The third-order valence-electron chi connectivity index (χ3n) is 4.88. The van der Waals surface area contributed by atoms with Crippen LogP contribution < -0.4 is 27.2 Å². The quantitative estimate of drug-likeness (QED) is 0.428. The molecule has 0 radical (unpaired) electrons. The normalized spacial score (nSPS) is 10.8. The second-order valence-electron chi connectivity index (χ2n) is 7.23. The molecule has 0 aliphatic heterocycles. The minimum atomic E-state index is -0.678. The van der Waals surface area contributed by atoms with Crippen LogP contribution in [0.3, 0.4) is 0 Å². The van der Waals surface area contributed by atoms with Gasteiger partial charge in [0.25, 0.3) is 11.5 Å². The zero-order chi connectivity index (χ0) is 22.8. The number of aromatic amines is 1. The maximum Gasteiger partial charge on any atom is 0.330 e. The average molecular weight is 450 g/mol. The molecule has 0 aliphatic carbocycles. The molecule has 2 aromatic heterocycles. The average Bonchev–Trinajstić information content (AvgIpc) is 3.27. The Balaban J connectivity index is 2.22. The zero-order valence-corrected chi connectivity index (χ0v) is 18.9. The van der Waals surface area contributed by atoms with E-state index in [1.54, 1.807) is 17.5 Å². The summed E-state index contributed by atoms with van der Waals surface area (Å²) in [5.41, 5.74) is 4.93. The summed E-state index contributed by atoms with van der Waals surface area (Å²) in [7, 11) is 0. The fraction of sp³-hybridized carbons (Fsp3) is 0.524. The van der Waals surface area contributed by atoms with Gasteiger partial charge >= 0.3 is 5.69 Å². The van der Waals surface area contributed by atoms with E-state index in [2.05, 4.69) is 10.3 Å². The van der Waals surface area contributed by atoms with Crippen LogP contribution in [-0.4, -0.2) is 34.5 Å². The van der Waals surface area contributed by atoms with E-state index in [1.165, 1.54) is 20.8 Å². The molecule has 0 spiro atoms. The van der Waals surface area contributed by atoms with Gasteiger partial charge in [0.15, 0.2) is 5.69 Å². The molecule has 0 fully saturated rings. The highest BCUT2D eigenvalue weighted by atomic mass is 32.1. The highest BCUT2D eigenvalue weighted by Crippen LogP contribution is 2.19. The first-order chi connectivity index (χ1) is 14.9. The second kappa shape index (κ2) is 12.1. The molecule has 0 atom stereocenters. The van der Waals surface area contributed by atoms with Gasteiger partial charge in [0.05, 0.1) is 4.88 Å². The number of nitrogens with one attached hydrogen (secondary N) is 2. The number of nitrogens with two attached hydrogens (primary N) is 1. The van der Waals surface area contributed by atoms with Crippen LogP contribution in [0.4, 0.5) is 11.5 Å². The summed E-state index contributed by atoms with van der Waals surface area (Å²) in [5, 5.41) is 4.52. The molecular weight excluding hydrogens is 418 g/mol. The van der Waals surface area contributed by atoms with Crippen molar-refractivity contribution in [3.8, 4) is 0 Å². The fourth-order valence-corrected chi connectivity index (χ4v) is 3.81. The summed E-state index contributed by atoms with van der Waals surface area (Å²) in [6.45, 7) is 4.83. The number of carbonyl (C=O) groups is 2. The number of rotatable bonds is 12. The first-order valence-corrected chi connectivity index (χ1v) is 11.5. The van der Waals surface area contributed by atoms with Crippen LogP contribution in [0.5, 0.6) is 0 Å². The standard InChI is InChI=1S/C21H31N5O4S/c1-3-5-7-13-25(16(27)10-11-23-19(28)15-9-8-14-31-15)17-18(22)26(12-6-4-2)21(30)24-20(17)29/h8-9,14H,3-7,10-13,22H2,1-2H3,(H,23,28)(H,24,29,30). The summed E-state index contributed by atoms with van der Waals surface area (Å²) in [4.78, 5) is 54.1. The van der Waals surface area contributed by atoms with Crippen molar-refractivity contribution in [1.82, 2.24) is 14.9 Å². The lowest BCUT2D eigenvalue weighted by molar-refractivity contribution is -0.118. The molecule has 170 valence electrons. The van der Waals surface area contributed by atoms with Crippen molar-refractivity contribution in [3.63, 3.8) is 0 Å². The van der Waals surface area contributed by atoms with E-state index in [4.69, 9.17) is 5.73 Å². The van der Waals surface area contributed by atoms with E-state index in [1.807, 2.05) is 13.8 Å². The van der Waals surface area contributed by atoms with Gasteiger partial charge in [-0.15, -0.1) is 11.3 Å². The van der Waals surface area contributed by atoms with Gasteiger partial charge in [-0.25, -0.2) is 4.79 Å². The highest BCUT2D eigenvalue weighted by molar-refractivity contribution is 7.12. The number of hydrogen-bond donors (Lipinski definition) is 3. The molecule has 0 aliphatic rings. The van der Waals surface area contributed by atoms with Crippen molar-refractivity contribution in [3.05, 3.63) is 43.2 Å². The number of nitrogen functional groups attached to an aromatic ring is 1. The molecule has 0 bridgehead atoms. The van der Waals surface area contributed by atoms with Crippen LogP contribution in [0.2, 0.25) is 0 Å². The molecule has 9 nitrogen and oxygen atoms in total.